The van der Waals surface area contributed by atoms with Crippen molar-refractivity contribution in [3.05, 3.63) is 30.1 Å². The van der Waals surface area contributed by atoms with E-state index in [0.29, 0.717) is 25.5 Å². The van der Waals surface area contributed by atoms with Crippen molar-refractivity contribution in [2.75, 3.05) is 19.8 Å². The van der Waals surface area contributed by atoms with Gasteiger partial charge in [0, 0.05) is 19.0 Å². The molecule has 3 nitrogen and oxygen atoms in total. The van der Waals surface area contributed by atoms with Crippen molar-refractivity contribution in [3.63, 3.8) is 0 Å². The van der Waals surface area contributed by atoms with Gasteiger partial charge < -0.3 is 15.2 Å². The van der Waals surface area contributed by atoms with Gasteiger partial charge in [-0.3, -0.25) is 0 Å². The summed E-state index contributed by atoms with van der Waals surface area (Å²) in [5.74, 6) is 0.261. The molecule has 0 aliphatic carbocycles. The van der Waals surface area contributed by atoms with Crippen LogP contribution in [0.3, 0.4) is 0 Å². The molecule has 0 radical (unpaired) electrons. The first kappa shape index (κ1) is 12.9. The number of hydrogen-bond acceptors (Lipinski definition) is 3. The second-order valence-electron chi connectivity index (χ2n) is 3.58. The second-order valence-corrected chi connectivity index (χ2v) is 3.58. The van der Waals surface area contributed by atoms with E-state index in [0.717, 1.165) is 6.42 Å². The highest BCUT2D eigenvalue weighted by molar-refractivity contribution is 5.22. The molecule has 1 aromatic rings. The summed E-state index contributed by atoms with van der Waals surface area (Å²) in [6.45, 7) is 3.56. The molecule has 1 rings (SSSR count). The zero-order valence-corrected chi connectivity index (χ0v) is 9.49. The fourth-order valence-corrected chi connectivity index (χ4v) is 1.16. The molecule has 0 saturated heterocycles. The van der Waals surface area contributed by atoms with Crippen molar-refractivity contribution in [1.29, 1.82) is 0 Å². The Morgan fingerprint density at radius 3 is 2.88 bits per heavy atom. The Morgan fingerprint density at radius 2 is 2.19 bits per heavy atom. The first-order valence-electron chi connectivity index (χ1n) is 5.42. The van der Waals surface area contributed by atoms with Crippen LogP contribution in [0.2, 0.25) is 0 Å². The summed E-state index contributed by atoms with van der Waals surface area (Å²) in [7, 11) is 0. The van der Waals surface area contributed by atoms with Crippen LogP contribution in [-0.4, -0.2) is 25.9 Å². The topological polar surface area (TPSA) is 44.5 Å². The minimum absolute atomic E-state index is 0.0779. The standard InChI is InChI=1S/C12H18FNO2/c1-10(9-14)15-6-3-7-16-12-5-2-4-11(13)8-12/h2,4-5,8,10H,3,6-7,9,14H2,1H3. The summed E-state index contributed by atoms with van der Waals surface area (Å²) in [5.41, 5.74) is 5.40. The highest BCUT2D eigenvalue weighted by atomic mass is 19.1. The van der Waals surface area contributed by atoms with Crippen LogP contribution in [-0.2, 0) is 4.74 Å². The fourth-order valence-electron chi connectivity index (χ4n) is 1.16. The maximum Gasteiger partial charge on any atom is 0.126 e. The lowest BCUT2D eigenvalue weighted by Crippen LogP contribution is -2.21. The van der Waals surface area contributed by atoms with Gasteiger partial charge in [0.1, 0.15) is 11.6 Å². The molecule has 1 atom stereocenters. The molecule has 4 heteroatoms. The number of halogens is 1. The van der Waals surface area contributed by atoms with Gasteiger partial charge in [0.2, 0.25) is 0 Å². The van der Waals surface area contributed by atoms with Crippen molar-refractivity contribution >= 4 is 0 Å². The third-order valence-electron chi connectivity index (χ3n) is 2.09. The molecule has 0 fully saturated rings. The fraction of sp³-hybridized carbons (Fsp3) is 0.500. The lowest BCUT2D eigenvalue weighted by atomic mass is 10.3. The van der Waals surface area contributed by atoms with E-state index in [1.807, 2.05) is 6.92 Å². The number of nitrogens with two attached hydrogens (primary N) is 1. The molecular weight excluding hydrogens is 209 g/mol. The van der Waals surface area contributed by atoms with Gasteiger partial charge in [0.05, 0.1) is 19.3 Å². The first-order chi connectivity index (χ1) is 7.72. The van der Waals surface area contributed by atoms with Crippen LogP contribution in [0.15, 0.2) is 24.3 Å². The Kier molecular flexibility index (Phi) is 5.82. The van der Waals surface area contributed by atoms with Gasteiger partial charge in [0.25, 0.3) is 0 Å². The Labute approximate surface area is 95.4 Å². The minimum atomic E-state index is -0.287. The van der Waals surface area contributed by atoms with Crippen molar-refractivity contribution < 1.29 is 13.9 Å². The third-order valence-corrected chi connectivity index (χ3v) is 2.09. The van der Waals surface area contributed by atoms with Gasteiger partial charge in [-0.25, -0.2) is 4.39 Å². The zero-order chi connectivity index (χ0) is 11.8. The molecule has 1 aromatic carbocycles. The van der Waals surface area contributed by atoms with E-state index in [4.69, 9.17) is 15.2 Å². The molecule has 16 heavy (non-hydrogen) atoms. The first-order valence-corrected chi connectivity index (χ1v) is 5.42. The van der Waals surface area contributed by atoms with E-state index in [-0.39, 0.29) is 11.9 Å². The van der Waals surface area contributed by atoms with Gasteiger partial charge in [-0.1, -0.05) is 6.07 Å². The Bertz CT molecular complexity index is 307. The molecule has 90 valence electrons. The van der Waals surface area contributed by atoms with Crippen LogP contribution in [0.25, 0.3) is 0 Å². The Morgan fingerprint density at radius 1 is 1.38 bits per heavy atom. The SMILES string of the molecule is CC(CN)OCCCOc1cccc(F)c1. The maximum atomic E-state index is 12.8. The van der Waals surface area contributed by atoms with Crippen molar-refractivity contribution in [2.45, 2.75) is 19.4 Å². The molecule has 1 unspecified atom stereocenters. The number of rotatable bonds is 7. The predicted octanol–water partition coefficient (Wildman–Crippen LogP) is 1.96. The molecule has 0 aliphatic heterocycles. The molecule has 0 bridgehead atoms. The van der Waals surface area contributed by atoms with E-state index >= 15 is 0 Å². The minimum Gasteiger partial charge on any atom is -0.493 e. The highest BCUT2D eigenvalue weighted by Crippen LogP contribution is 2.11. The quantitative estimate of drug-likeness (QED) is 0.724. The maximum absolute atomic E-state index is 12.8. The smallest absolute Gasteiger partial charge is 0.126 e. The molecule has 0 heterocycles. The summed E-state index contributed by atoms with van der Waals surface area (Å²) < 4.78 is 23.5. The number of benzene rings is 1. The normalized spacial score (nSPS) is 12.4. The lowest BCUT2D eigenvalue weighted by Gasteiger charge is -2.10. The van der Waals surface area contributed by atoms with Crippen molar-refractivity contribution in [3.8, 4) is 5.75 Å². The molecule has 0 spiro atoms. The summed E-state index contributed by atoms with van der Waals surface area (Å²) in [6, 6.07) is 6.10. The number of ether oxygens (including phenoxy) is 2. The van der Waals surface area contributed by atoms with Crippen LogP contribution in [0.5, 0.6) is 5.75 Å². The van der Waals surface area contributed by atoms with Gasteiger partial charge in [-0.15, -0.1) is 0 Å². The largest absolute Gasteiger partial charge is 0.493 e. The molecular formula is C12H18FNO2. The summed E-state index contributed by atoms with van der Waals surface area (Å²) in [5, 5.41) is 0. The monoisotopic (exact) mass is 227 g/mol. The molecule has 0 amide bonds. The van der Waals surface area contributed by atoms with Gasteiger partial charge in [-0.05, 0) is 19.1 Å². The molecule has 2 N–H and O–H groups in total. The third kappa shape index (κ3) is 5.09. The molecule has 0 saturated carbocycles. The van der Waals surface area contributed by atoms with Gasteiger partial charge in [0.15, 0.2) is 0 Å². The van der Waals surface area contributed by atoms with Crippen LogP contribution >= 0.6 is 0 Å². The summed E-state index contributed by atoms with van der Waals surface area (Å²) in [6.07, 6.45) is 0.843. The van der Waals surface area contributed by atoms with E-state index in [9.17, 15) is 4.39 Å². The van der Waals surface area contributed by atoms with Crippen molar-refractivity contribution in [1.82, 2.24) is 0 Å². The lowest BCUT2D eigenvalue weighted by molar-refractivity contribution is 0.0631. The second kappa shape index (κ2) is 7.19. The zero-order valence-electron chi connectivity index (χ0n) is 9.49. The highest BCUT2D eigenvalue weighted by Gasteiger charge is 1.99. The van der Waals surface area contributed by atoms with E-state index in [2.05, 4.69) is 0 Å². The van der Waals surface area contributed by atoms with E-state index in [1.54, 1.807) is 12.1 Å². The van der Waals surface area contributed by atoms with E-state index < -0.39 is 0 Å². The summed E-state index contributed by atoms with van der Waals surface area (Å²) in [4.78, 5) is 0. The average molecular weight is 227 g/mol. The molecule has 0 aliphatic rings. The van der Waals surface area contributed by atoms with Crippen molar-refractivity contribution in [2.24, 2.45) is 5.73 Å². The number of hydrogen-bond donors (Lipinski definition) is 1. The van der Waals surface area contributed by atoms with Gasteiger partial charge in [-0.2, -0.15) is 0 Å². The summed E-state index contributed by atoms with van der Waals surface area (Å²) >= 11 is 0. The molecule has 0 aromatic heterocycles. The van der Waals surface area contributed by atoms with Crippen LogP contribution in [0.4, 0.5) is 4.39 Å². The van der Waals surface area contributed by atoms with Crippen LogP contribution in [0.1, 0.15) is 13.3 Å². The van der Waals surface area contributed by atoms with Gasteiger partial charge >= 0.3 is 0 Å². The Balaban J connectivity index is 2.12. The average Bonchev–Trinajstić information content (AvgIpc) is 2.28. The van der Waals surface area contributed by atoms with E-state index in [1.165, 1.54) is 12.1 Å². The van der Waals surface area contributed by atoms with Crippen LogP contribution < -0.4 is 10.5 Å². The van der Waals surface area contributed by atoms with Crippen LogP contribution in [0, 0.1) is 5.82 Å². The Hall–Kier alpha value is -1.13. The predicted molar refractivity (Wildman–Crippen MR) is 61.0 cm³/mol.